The topological polar surface area (TPSA) is 63.3 Å². The van der Waals surface area contributed by atoms with Crippen molar-refractivity contribution in [3.05, 3.63) is 15.6 Å². The van der Waals surface area contributed by atoms with Crippen LogP contribution in [0.15, 0.2) is 4.99 Å². The van der Waals surface area contributed by atoms with Crippen molar-refractivity contribution in [1.82, 2.24) is 10.3 Å². The molecule has 4 nitrogen and oxygen atoms in total. The monoisotopic (exact) mass is 382 g/mol. The summed E-state index contributed by atoms with van der Waals surface area (Å²) in [4.78, 5) is 9.94. The number of aromatic nitrogens is 1. The minimum Gasteiger partial charge on any atom is -0.370 e. The third-order valence-corrected chi connectivity index (χ3v) is 3.36. The molecule has 0 aromatic carbocycles. The summed E-state index contributed by atoms with van der Waals surface area (Å²) in [5, 5.41) is 4.20. The van der Waals surface area contributed by atoms with Crippen molar-refractivity contribution < 1.29 is 0 Å². The van der Waals surface area contributed by atoms with Crippen molar-refractivity contribution in [2.24, 2.45) is 16.6 Å². The zero-order valence-electron chi connectivity index (χ0n) is 11.5. The van der Waals surface area contributed by atoms with Gasteiger partial charge in [0.05, 0.1) is 17.2 Å². The van der Waals surface area contributed by atoms with E-state index in [1.165, 1.54) is 4.88 Å². The third-order valence-electron chi connectivity index (χ3n) is 2.43. The molecule has 1 aromatic rings. The van der Waals surface area contributed by atoms with Gasteiger partial charge in [-0.15, -0.1) is 35.3 Å². The molecule has 0 atom stereocenters. The molecular weight excluding hydrogens is 359 g/mol. The van der Waals surface area contributed by atoms with Gasteiger partial charge >= 0.3 is 0 Å². The predicted octanol–water partition coefficient (Wildman–Crippen LogP) is 2.83. The summed E-state index contributed by atoms with van der Waals surface area (Å²) in [6.07, 6.45) is 1.10. The molecule has 0 aliphatic heterocycles. The van der Waals surface area contributed by atoms with E-state index in [1.807, 2.05) is 6.92 Å². The Bertz CT molecular complexity index is 387. The minimum absolute atomic E-state index is 0. The fraction of sp³-hybridized carbons (Fsp3) is 0.667. The van der Waals surface area contributed by atoms with Crippen LogP contribution in [0.2, 0.25) is 0 Å². The van der Waals surface area contributed by atoms with Crippen molar-refractivity contribution in [2.75, 3.05) is 6.54 Å². The van der Waals surface area contributed by atoms with Gasteiger partial charge in [0.25, 0.3) is 0 Å². The van der Waals surface area contributed by atoms with Crippen LogP contribution in [-0.4, -0.2) is 17.5 Å². The highest BCUT2D eigenvalue weighted by Crippen LogP contribution is 2.16. The van der Waals surface area contributed by atoms with E-state index in [0.29, 0.717) is 18.4 Å². The number of rotatable bonds is 5. The highest BCUT2D eigenvalue weighted by Gasteiger charge is 2.03. The second kappa shape index (κ2) is 8.68. The number of nitrogens with one attached hydrogen (secondary N) is 1. The first-order valence-electron chi connectivity index (χ1n) is 5.95. The van der Waals surface area contributed by atoms with Crippen LogP contribution in [0.4, 0.5) is 0 Å². The maximum atomic E-state index is 5.78. The molecule has 0 saturated carbocycles. The van der Waals surface area contributed by atoms with Gasteiger partial charge in [-0.05, 0) is 26.2 Å². The lowest BCUT2D eigenvalue weighted by Gasteiger charge is -2.07. The number of nitrogens with two attached hydrogens (primary N) is 1. The molecule has 0 bridgehead atoms. The van der Waals surface area contributed by atoms with E-state index >= 15 is 0 Å². The fourth-order valence-corrected chi connectivity index (χ4v) is 2.25. The summed E-state index contributed by atoms with van der Waals surface area (Å²) >= 11 is 1.70. The lowest BCUT2D eigenvalue weighted by Crippen LogP contribution is -2.32. The Morgan fingerprint density at radius 1 is 1.44 bits per heavy atom. The molecule has 0 aliphatic rings. The Morgan fingerprint density at radius 3 is 2.61 bits per heavy atom. The SMILES string of the molecule is Cc1nc(CN=C(N)NCCC(C)C)c(C)s1.I. The standard InChI is InChI=1S/C12H22N4S.HI/c1-8(2)5-6-14-12(13)15-7-11-9(3)17-10(4)16-11;/h8H,5-7H2,1-4H3,(H3,13,14,15);1H. The number of hydrogen-bond acceptors (Lipinski definition) is 3. The number of nitrogens with zero attached hydrogens (tertiary/aromatic N) is 2. The summed E-state index contributed by atoms with van der Waals surface area (Å²) < 4.78 is 0. The highest BCUT2D eigenvalue weighted by molar-refractivity contribution is 14.0. The van der Waals surface area contributed by atoms with Gasteiger partial charge in [0.1, 0.15) is 0 Å². The number of guanidine groups is 1. The number of aliphatic imine (C=N–C) groups is 1. The van der Waals surface area contributed by atoms with Crippen LogP contribution < -0.4 is 11.1 Å². The average molecular weight is 382 g/mol. The van der Waals surface area contributed by atoms with Gasteiger partial charge in [-0.25, -0.2) is 9.98 Å². The maximum absolute atomic E-state index is 5.78. The van der Waals surface area contributed by atoms with Crippen LogP contribution in [-0.2, 0) is 6.54 Å². The third kappa shape index (κ3) is 6.53. The van der Waals surface area contributed by atoms with Crippen molar-refractivity contribution in [3.63, 3.8) is 0 Å². The van der Waals surface area contributed by atoms with E-state index in [1.54, 1.807) is 11.3 Å². The molecule has 0 spiro atoms. The molecule has 0 aliphatic carbocycles. The van der Waals surface area contributed by atoms with Crippen molar-refractivity contribution >= 4 is 41.3 Å². The van der Waals surface area contributed by atoms with E-state index in [4.69, 9.17) is 5.73 Å². The fourth-order valence-electron chi connectivity index (χ4n) is 1.42. The average Bonchev–Trinajstić information content (AvgIpc) is 2.54. The second-order valence-electron chi connectivity index (χ2n) is 4.55. The van der Waals surface area contributed by atoms with Crippen LogP contribution in [0.5, 0.6) is 0 Å². The van der Waals surface area contributed by atoms with Gasteiger partial charge in [-0.2, -0.15) is 0 Å². The summed E-state index contributed by atoms with van der Waals surface area (Å²) in [5.41, 5.74) is 6.81. The summed E-state index contributed by atoms with van der Waals surface area (Å²) in [6, 6.07) is 0. The first-order chi connectivity index (χ1) is 7.99. The van der Waals surface area contributed by atoms with Gasteiger partial charge in [0.2, 0.25) is 0 Å². The van der Waals surface area contributed by atoms with Crippen LogP contribution in [0, 0.1) is 19.8 Å². The Labute approximate surface area is 131 Å². The number of halogens is 1. The molecular formula is C12H23IN4S. The van der Waals surface area contributed by atoms with Gasteiger partial charge in [0.15, 0.2) is 5.96 Å². The molecule has 1 aromatic heterocycles. The van der Waals surface area contributed by atoms with Gasteiger partial charge < -0.3 is 11.1 Å². The smallest absolute Gasteiger partial charge is 0.188 e. The van der Waals surface area contributed by atoms with Gasteiger partial charge in [-0.1, -0.05) is 13.8 Å². The second-order valence-corrected chi connectivity index (χ2v) is 5.95. The first kappa shape index (κ1) is 17.6. The first-order valence-corrected chi connectivity index (χ1v) is 6.77. The van der Waals surface area contributed by atoms with E-state index in [2.05, 4.69) is 36.1 Å². The largest absolute Gasteiger partial charge is 0.370 e. The van der Waals surface area contributed by atoms with E-state index < -0.39 is 0 Å². The molecule has 0 fully saturated rings. The molecule has 18 heavy (non-hydrogen) atoms. The van der Waals surface area contributed by atoms with Crippen molar-refractivity contribution in [1.29, 1.82) is 0 Å². The Morgan fingerprint density at radius 2 is 2.11 bits per heavy atom. The Kier molecular flexibility index (Phi) is 8.51. The van der Waals surface area contributed by atoms with E-state index in [9.17, 15) is 0 Å². The van der Waals surface area contributed by atoms with Crippen LogP contribution >= 0.6 is 35.3 Å². The quantitative estimate of drug-likeness (QED) is 0.468. The minimum atomic E-state index is 0. The number of aryl methyl sites for hydroxylation is 2. The van der Waals surface area contributed by atoms with Gasteiger partial charge in [-0.3, -0.25) is 0 Å². The molecule has 0 amide bonds. The van der Waals surface area contributed by atoms with Gasteiger partial charge in [0, 0.05) is 11.4 Å². The Hall–Kier alpha value is -0.370. The normalized spacial score (nSPS) is 11.5. The zero-order valence-corrected chi connectivity index (χ0v) is 14.6. The molecule has 0 unspecified atom stereocenters. The van der Waals surface area contributed by atoms with E-state index in [0.717, 1.165) is 23.7 Å². The van der Waals surface area contributed by atoms with Crippen molar-refractivity contribution in [2.45, 2.75) is 40.7 Å². The zero-order chi connectivity index (χ0) is 12.8. The lowest BCUT2D eigenvalue weighted by molar-refractivity contribution is 0.576. The Balaban J connectivity index is 0.00000289. The number of hydrogen-bond donors (Lipinski definition) is 2. The predicted molar refractivity (Wildman–Crippen MR) is 89.8 cm³/mol. The summed E-state index contributed by atoms with van der Waals surface area (Å²) in [7, 11) is 0. The lowest BCUT2D eigenvalue weighted by atomic mass is 10.1. The van der Waals surface area contributed by atoms with Crippen molar-refractivity contribution in [3.8, 4) is 0 Å². The molecule has 104 valence electrons. The van der Waals surface area contributed by atoms with Crippen LogP contribution in [0.3, 0.4) is 0 Å². The van der Waals surface area contributed by atoms with E-state index in [-0.39, 0.29) is 24.0 Å². The molecule has 3 N–H and O–H groups in total. The molecule has 0 saturated heterocycles. The van der Waals surface area contributed by atoms with Crippen LogP contribution in [0.25, 0.3) is 0 Å². The maximum Gasteiger partial charge on any atom is 0.188 e. The summed E-state index contributed by atoms with van der Waals surface area (Å²) in [6.45, 7) is 9.90. The molecule has 6 heteroatoms. The molecule has 1 heterocycles. The highest BCUT2D eigenvalue weighted by atomic mass is 127. The number of thiazole rings is 1. The molecule has 0 radical (unpaired) electrons. The molecule has 1 rings (SSSR count). The summed E-state index contributed by atoms with van der Waals surface area (Å²) in [5.74, 6) is 1.19. The van der Waals surface area contributed by atoms with Crippen LogP contribution in [0.1, 0.15) is 35.8 Å².